The maximum atomic E-state index is 11.0. The molecular formula is C12H9BrO3. The van der Waals surface area contributed by atoms with Crippen LogP contribution in [-0.4, -0.2) is 18.2 Å². The Morgan fingerprint density at radius 2 is 2.06 bits per heavy atom. The Morgan fingerprint density at radius 3 is 2.69 bits per heavy atom. The van der Waals surface area contributed by atoms with Crippen molar-refractivity contribution in [1.82, 2.24) is 0 Å². The van der Waals surface area contributed by atoms with Crippen LogP contribution >= 0.6 is 15.9 Å². The summed E-state index contributed by atoms with van der Waals surface area (Å²) in [5.41, 5.74) is 0.219. The van der Waals surface area contributed by atoms with Gasteiger partial charge in [-0.05, 0) is 18.2 Å². The van der Waals surface area contributed by atoms with E-state index < -0.39 is 5.97 Å². The van der Waals surface area contributed by atoms with Gasteiger partial charge in [0.2, 0.25) is 0 Å². The molecule has 2 aromatic carbocycles. The van der Waals surface area contributed by atoms with E-state index in [1.807, 2.05) is 18.2 Å². The molecule has 0 amide bonds. The van der Waals surface area contributed by atoms with E-state index in [2.05, 4.69) is 15.9 Å². The summed E-state index contributed by atoms with van der Waals surface area (Å²) in [7, 11) is 1.53. The number of benzene rings is 2. The van der Waals surface area contributed by atoms with Crippen molar-refractivity contribution < 1.29 is 14.6 Å². The summed E-state index contributed by atoms with van der Waals surface area (Å²) in [6.07, 6.45) is 0. The molecule has 16 heavy (non-hydrogen) atoms. The molecule has 2 aromatic rings. The molecular weight excluding hydrogens is 272 g/mol. The molecule has 0 aliphatic heterocycles. The number of hydrogen-bond donors (Lipinski definition) is 1. The van der Waals surface area contributed by atoms with Crippen LogP contribution in [0, 0.1) is 0 Å². The Balaban J connectivity index is 2.84. The third-order valence-electron chi connectivity index (χ3n) is 2.37. The highest BCUT2D eigenvalue weighted by atomic mass is 79.9. The molecule has 82 valence electrons. The molecule has 4 heteroatoms. The molecule has 0 unspecified atom stereocenters. The summed E-state index contributed by atoms with van der Waals surface area (Å²) in [6.45, 7) is 0. The second-order valence-electron chi connectivity index (χ2n) is 3.32. The Morgan fingerprint density at radius 1 is 1.31 bits per heavy atom. The van der Waals surface area contributed by atoms with Crippen LogP contribution in [-0.2, 0) is 0 Å². The summed E-state index contributed by atoms with van der Waals surface area (Å²) in [4.78, 5) is 11.0. The SMILES string of the molecule is COc1cc(C(=O)O)cc2c(Br)cccc12. The highest BCUT2D eigenvalue weighted by Gasteiger charge is 2.10. The molecule has 0 aliphatic rings. The van der Waals surface area contributed by atoms with E-state index in [4.69, 9.17) is 9.84 Å². The zero-order valence-corrected chi connectivity index (χ0v) is 10.1. The number of methoxy groups -OCH3 is 1. The molecule has 0 radical (unpaired) electrons. The minimum Gasteiger partial charge on any atom is -0.496 e. The van der Waals surface area contributed by atoms with Crippen LogP contribution in [0.3, 0.4) is 0 Å². The van der Waals surface area contributed by atoms with Crippen molar-refractivity contribution in [3.8, 4) is 5.75 Å². The number of hydrogen-bond acceptors (Lipinski definition) is 2. The van der Waals surface area contributed by atoms with Gasteiger partial charge >= 0.3 is 5.97 Å². The fourth-order valence-electron chi connectivity index (χ4n) is 1.61. The van der Waals surface area contributed by atoms with Gasteiger partial charge in [0.05, 0.1) is 12.7 Å². The molecule has 0 atom stereocenters. The minimum atomic E-state index is -0.962. The Bertz CT molecular complexity index is 563. The predicted octanol–water partition coefficient (Wildman–Crippen LogP) is 3.31. The van der Waals surface area contributed by atoms with Crippen molar-refractivity contribution in [3.63, 3.8) is 0 Å². The first-order chi connectivity index (χ1) is 7.63. The maximum Gasteiger partial charge on any atom is 0.335 e. The lowest BCUT2D eigenvalue weighted by Gasteiger charge is -2.08. The van der Waals surface area contributed by atoms with E-state index >= 15 is 0 Å². The predicted molar refractivity (Wildman–Crippen MR) is 65.2 cm³/mol. The molecule has 0 heterocycles. The van der Waals surface area contributed by atoms with Crippen LogP contribution in [0.25, 0.3) is 10.8 Å². The maximum absolute atomic E-state index is 11.0. The van der Waals surface area contributed by atoms with Crippen LogP contribution < -0.4 is 4.74 Å². The summed E-state index contributed by atoms with van der Waals surface area (Å²) in [5.74, 6) is -0.396. The second-order valence-corrected chi connectivity index (χ2v) is 4.17. The lowest BCUT2D eigenvalue weighted by atomic mass is 10.1. The lowest BCUT2D eigenvalue weighted by molar-refractivity contribution is 0.0696. The van der Waals surface area contributed by atoms with Gasteiger partial charge in [-0.2, -0.15) is 0 Å². The number of carbonyl (C=O) groups is 1. The number of fused-ring (bicyclic) bond motifs is 1. The molecule has 0 aromatic heterocycles. The van der Waals surface area contributed by atoms with Crippen LogP contribution in [0.5, 0.6) is 5.75 Å². The minimum absolute atomic E-state index is 0.219. The summed E-state index contributed by atoms with van der Waals surface area (Å²) in [6, 6.07) is 8.80. The molecule has 3 nitrogen and oxygen atoms in total. The smallest absolute Gasteiger partial charge is 0.335 e. The molecule has 0 saturated heterocycles. The number of halogens is 1. The topological polar surface area (TPSA) is 46.5 Å². The summed E-state index contributed by atoms with van der Waals surface area (Å²) >= 11 is 3.39. The van der Waals surface area contributed by atoms with E-state index in [1.165, 1.54) is 13.2 Å². The van der Waals surface area contributed by atoms with Crippen LogP contribution in [0.2, 0.25) is 0 Å². The second kappa shape index (κ2) is 4.14. The van der Waals surface area contributed by atoms with Gasteiger partial charge in [-0.3, -0.25) is 0 Å². The van der Waals surface area contributed by atoms with Gasteiger partial charge in [0.25, 0.3) is 0 Å². The number of ether oxygens (including phenoxy) is 1. The zero-order chi connectivity index (χ0) is 11.7. The molecule has 0 aliphatic carbocycles. The standard InChI is InChI=1S/C12H9BrO3/c1-16-11-6-7(12(14)15)5-9-8(11)3-2-4-10(9)13/h2-6H,1H3,(H,14,15). The Labute approximate surface area is 101 Å². The van der Waals surface area contributed by atoms with E-state index in [1.54, 1.807) is 6.07 Å². The van der Waals surface area contributed by atoms with Gasteiger partial charge < -0.3 is 9.84 Å². The highest BCUT2D eigenvalue weighted by molar-refractivity contribution is 9.10. The van der Waals surface area contributed by atoms with E-state index in [0.29, 0.717) is 5.75 Å². The molecule has 0 spiro atoms. The Hall–Kier alpha value is -1.55. The van der Waals surface area contributed by atoms with Crippen molar-refractivity contribution in [2.75, 3.05) is 7.11 Å². The van der Waals surface area contributed by atoms with Gasteiger partial charge in [-0.15, -0.1) is 0 Å². The Kier molecular flexibility index (Phi) is 2.83. The van der Waals surface area contributed by atoms with Crippen molar-refractivity contribution in [2.24, 2.45) is 0 Å². The first-order valence-corrected chi connectivity index (χ1v) is 5.42. The average molecular weight is 281 g/mol. The molecule has 0 bridgehead atoms. The molecule has 0 fully saturated rings. The fraction of sp³-hybridized carbons (Fsp3) is 0.0833. The molecule has 2 rings (SSSR count). The van der Waals surface area contributed by atoms with Gasteiger partial charge in [0, 0.05) is 15.2 Å². The quantitative estimate of drug-likeness (QED) is 0.918. The zero-order valence-electron chi connectivity index (χ0n) is 8.53. The number of carboxylic acids is 1. The lowest BCUT2D eigenvalue weighted by Crippen LogP contribution is -1.97. The first kappa shape index (κ1) is 11.0. The summed E-state index contributed by atoms with van der Waals surface area (Å²) < 4.78 is 6.04. The van der Waals surface area contributed by atoms with Gasteiger partial charge in [-0.25, -0.2) is 4.79 Å². The van der Waals surface area contributed by atoms with Crippen molar-refractivity contribution >= 4 is 32.7 Å². The monoisotopic (exact) mass is 280 g/mol. The van der Waals surface area contributed by atoms with Crippen LogP contribution in [0.15, 0.2) is 34.8 Å². The third-order valence-corrected chi connectivity index (χ3v) is 3.06. The van der Waals surface area contributed by atoms with Gasteiger partial charge in [-0.1, -0.05) is 28.1 Å². The highest BCUT2D eigenvalue weighted by Crippen LogP contribution is 2.32. The fourth-order valence-corrected chi connectivity index (χ4v) is 2.09. The normalized spacial score (nSPS) is 10.4. The van der Waals surface area contributed by atoms with Gasteiger partial charge in [0.15, 0.2) is 0 Å². The molecule has 1 N–H and O–H groups in total. The van der Waals surface area contributed by atoms with Crippen molar-refractivity contribution in [2.45, 2.75) is 0 Å². The van der Waals surface area contributed by atoms with E-state index in [9.17, 15) is 4.79 Å². The van der Waals surface area contributed by atoms with Crippen molar-refractivity contribution in [1.29, 1.82) is 0 Å². The van der Waals surface area contributed by atoms with E-state index in [-0.39, 0.29) is 5.56 Å². The van der Waals surface area contributed by atoms with Crippen molar-refractivity contribution in [3.05, 3.63) is 40.4 Å². The number of rotatable bonds is 2. The number of carboxylic acid groups (broad SMARTS) is 1. The first-order valence-electron chi connectivity index (χ1n) is 4.63. The third kappa shape index (κ3) is 1.76. The number of aromatic carboxylic acids is 1. The van der Waals surface area contributed by atoms with E-state index in [0.717, 1.165) is 15.2 Å². The largest absolute Gasteiger partial charge is 0.496 e. The van der Waals surface area contributed by atoms with Crippen LogP contribution in [0.4, 0.5) is 0 Å². The molecule has 0 saturated carbocycles. The average Bonchev–Trinajstić information content (AvgIpc) is 2.28. The summed E-state index contributed by atoms with van der Waals surface area (Å²) in [5, 5.41) is 10.7. The van der Waals surface area contributed by atoms with Crippen LogP contribution in [0.1, 0.15) is 10.4 Å². The van der Waals surface area contributed by atoms with Gasteiger partial charge in [0.1, 0.15) is 5.75 Å².